The standard InChI is InChI=1S/C17H31NO2S/c1-4-18(11-16-10-7-14(3)21-16)17(19)12-20-15-8-5-13(2)6-9-15/h13-16H,4-12H2,1-3H3. The predicted molar refractivity (Wildman–Crippen MR) is 89.7 cm³/mol. The van der Waals surface area contributed by atoms with Gasteiger partial charge in [-0.3, -0.25) is 4.79 Å². The van der Waals surface area contributed by atoms with Crippen LogP contribution in [0.15, 0.2) is 0 Å². The zero-order valence-corrected chi connectivity index (χ0v) is 14.7. The zero-order chi connectivity index (χ0) is 15.2. The molecule has 1 saturated heterocycles. The number of nitrogens with zero attached hydrogens (tertiary/aromatic N) is 1. The third-order valence-electron chi connectivity index (χ3n) is 4.88. The number of amides is 1. The van der Waals surface area contributed by atoms with Crippen LogP contribution in [0.5, 0.6) is 0 Å². The van der Waals surface area contributed by atoms with Crippen molar-refractivity contribution in [2.24, 2.45) is 5.92 Å². The molecule has 0 bridgehead atoms. The first kappa shape index (κ1) is 17.1. The van der Waals surface area contributed by atoms with Gasteiger partial charge in [0.05, 0.1) is 6.10 Å². The highest BCUT2D eigenvalue weighted by atomic mass is 32.2. The molecule has 1 heterocycles. The fourth-order valence-corrected chi connectivity index (χ4v) is 4.82. The Bertz CT molecular complexity index is 329. The van der Waals surface area contributed by atoms with Gasteiger partial charge in [0, 0.05) is 23.6 Å². The second-order valence-electron chi connectivity index (χ2n) is 6.77. The molecule has 3 nitrogen and oxygen atoms in total. The van der Waals surface area contributed by atoms with E-state index < -0.39 is 0 Å². The Morgan fingerprint density at radius 3 is 2.43 bits per heavy atom. The SMILES string of the molecule is CCN(CC1CCC(C)S1)C(=O)COC1CCC(C)CC1. The molecule has 0 spiro atoms. The first-order valence-corrected chi connectivity index (χ1v) is 9.57. The number of hydrogen-bond donors (Lipinski definition) is 0. The first-order chi connectivity index (χ1) is 10.1. The highest BCUT2D eigenvalue weighted by molar-refractivity contribution is 8.00. The molecule has 1 saturated carbocycles. The minimum Gasteiger partial charge on any atom is -0.368 e. The normalized spacial score (nSPS) is 33.1. The Morgan fingerprint density at radius 1 is 1.14 bits per heavy atom. The maximum atomic E-state index is 12.3. The first-order valence-electron chi connectivity index (χ1n) is 8.63. The van der Waals surface area contributed by atoms with Crippen LogP contribution in [0.3, 0.4) is 0 Å². The van der Waals surface area contributed by atoms with E-state index in [4.69, 9.17) is 4.74 Å². The topological polar surface area (TPSA) is 29.5 Å². The van der Waals surface area contributed by atoms with Gasteiger partial charge in [0.25, 0.3) is 0 Å². The van der Waals surface area contributed by atoms with Crippen molar-refractivity contribution in [1.29, 1.82) is 0 Å². The van der Waals surface area contributed by atoms with Crippen molar-refractivity contribution in [3.8, 4) is 0 Å². The van der Waals surface area contributed by atoms with E-state index >= 15 is 0 Å². The molecule has 0 N–H and O–H groups in total. The minimum atomic E-state index is 0.177. The Morgan fingerprint density at radius 2 is 1.86 bits per heavy atom. The Hall–Kier alpha value is -0.220. The molecule has 2 unspecified atom stereocenters. The lowest BCUT2D eigenvalue weighted by molar-refractivity contribution is -0.138. The summed E-state index contributed by atoms with van der Waals surface area (Å²) in [6, 6.07) is 0. The van der Waals surface area contributed by atoms with E-state index in [1.54, 1.807) is 0 Å². The summed E-state index contributed by atoms with van der Waals surface area (Å²) in [6.07, 6.45) is 7.58. The fourth-order valence-electron chi connectivity index (χ4n) is 3.35. The molecule has 0 aromatic rings. The van der Waals surface area contributed by atoms with Gasteiger partial charge in [-0.1, -0.05) is 13.8 Å². The van der Waals surface area contributed by atoms with E-state index in [0.29, 0.717) is 11.4 Å². The van der Waals surface area contributed by atoms with Gasteiger partial charge in [-0.05, 0) is 51.4 Å². The van der Waals surface area contributed by atoms with Crippen LogP contribution >= 0.6 is 11.8 Å². The van der Waals surface area contributed by atoms with Crippen LogP contribution in [-0.2, 0) is 9.53 Å². The third-order valence-corrected chi connectivity index (χ3v) is 6.35. The summed E-state index contributed by atoms with van der Waals surface area (Å²) in [4.78, 5) is 14.3. The predicted octanol–water partition coefficient (Wildman–Crippen LogP) is 3.71. The second-order valence-corrected chi connectivity index (χ2v) is 8.51. The molecule has 1 aliphatic carbocycles. The lowest BCUT2D eigenvalue weighted by Gasteiger charge is -2.28. The average Bonchev–Trinajstić information content (AvgIpc) is 2.89. The number of hydrogen-bond acceptors (Lipinski definition) is 3. The lowest BCUT2D eigenvalue weighted by Crippen LogP contribution is -2.39. The van der Waals surface area contributed by atoms with Crippen LogP contribution in [0, 0.1) is 5.92 Å². The molecule has 2 aliphatic rings. The molecular weight excluding hydrogens is 282 g/mol. The number of ether oxygens (including phenoxy) is 1. The molecule has 2 atom stereocenters. The van der Waals surface area contributed by atoms with Crippen molar-refractivity contribution in [1.82, 2.24) is 4.90 Å². The van der Waals surface area contributed by atoms with E-state index in [1.165, 1.54) is 25.7 Å². The highest BCUT2D eigenvalue weighted by Crippen LogP contribution is 2.33. The quantitative estimate of drug-likeness (QED) is 0.748. The summed E-state index contributed by atoms with van der Waals surface area (Å²) in [5.74, 6) is 1.00. The Labute approximate surface area is 134 Å². The molecule has 1 amide bonds. The summed E-state index contributed by atoms with van der Waals surface area (Å²) in [5, 5.41) is 1.38. The maximum Gasteiger partial charge on any atom is 0.248 e. The van der Waals surface area contributed by atoms with Gasteiger partial charge < -0.3 is 9.64 Å². The highest BCUT2D eigenvalue weighted by Gasteiger charge is 2.26. The average molecular weight is 314 g/mol. The number of thioether (sulfide) groups is 1. The van der Waals surface area contributed by atoms with Gasteiger partial charge in [0.2, 0.25) is 5.91 Å². The van der Waals surface area contributed by atoms with Crippen LogP contribution in [0.2, 0.25) is 0 Å². The summed E-state index contributed by atoms with van der Waals surface area (Å²) >= 11 is 2.04. The van der Waals surface area contributed by atoms with Crippen molar-refractivity contribution in [3.05, 3.63) is 0 Å². The third kappa shape index (κ3) is 5.48. The van der Waals surface area contributed by atoms with Gasteiger partial charge in [-0.2, -0.15) is 11.8 Å². The van der Waals surface area contributed by atoms with Crippen LogP contribution in [0.1, 0.15) is 59.3 Å². The number of rotatable bonds is 6. The van der Waals surface area contributed by atoms with Crippen molar-refractivity contribution in [3.63, 3.8) is 0 Å². The summed E-state index contributed by atoms with van der Waals surface area (Å²) in [6.45, 7) is 8.64. The molecule has 0 aromatic heterocycles. The van der Waals surface area contributed by atoms with Gasteiger partial charge >= 0.3 is 0 Å². The molecular formula is C17H31NO2S. The monoisotopic (exact) mass is 313 g/mol. The van der Waals surface area contributed by atoms with E-state index in [-0.39, 0.29) is 12.5 Å². The molecule has 2 rings (SSSR count). The second kappa shape index (κ2) is 8.42. The number of carbonyl (C=O) groups is 1. The molecule has 0 aromatic carbocycles. The van der Waals surface area contributed by atoms with Gasteiger partial charge in [0.15, 0.2) is 0 Å². The Balaban J connectivity index is 1.70. The van der Waals surface area contributed by atoms with Gasteiger partial charge in [0.1, 0.15) is 6.61 Å². The summed E-state index contributed by atoms with van der Waals surface area (Å²) < 4.78 is 5.86. The van der Waals surface area contributed by atoms with Crippen molar-refractivity contribution in [2.75, 3.05) is 19.7 Å². The van der Waals surface area contributed by atoms with Crippen molar-refractivity contribution < 1.29 is 9.53 Å². The molecule has 21 heavy (non-hydrogen) atoms. The van der Waals surface area contributed by atoms with Crippen LogP contribution in [0.4, 0.5) is 0 Å². The minimum absolute atomic E-state index is 0.177. The van der Waals surface area contributed by atoms with E-state index in [1.807, 2.05) is 16.7 Å². The number of carbonyl (C=O) groups excluding carboxylic acids is 1. The molecule has 0 radical (unpaired) electrons. The van der Waals surface area contributed by atoms with E-state index in [2.05, 4.69) is 20.8 Å². The van der Waals surface area contributed by atoms with E-state index in [0.717, 1.165) is 37.1 Å². The van der Waals surface area contributed by atoms with Crippen LogP contribution in [0.25, 0.3) is 0 Å². The van der Waals surface area contributed by atoms with Crippen molar-refractivity contribution in [2.45, 2.75) is 75.9 Å². The molecule has 1 aliphatic heterocycles. The smallest absolute Gasteiger partial charge is 0.248 e. The molecule has 4 heteroatoms. The van der Waals surface area contributed by atoms with E-state index in [9.17, 15) is 4.79 Å². The van der Waals surface area contributed by atoms with Crippen LogP contribution < -0.4 is 0 Å². The van der Waals surface area contributed by atoms with Gasteiger partial charge in [-0.25, -0.2) is 0 Å². The number of likely N-dealkylation sites (N-methyl/N-ethyl adjacent to an activating group) is 1. The van der Waals surface area contributed by atoms with Gasteiger partial charge in [-0.15, -0.1) is 0 Å². The largest absolute Gasteiger partial charge is 0.368 e. The molecule has 2 fully saturated rings. The summed E-state index contributed by atoms with van der Waals surface area (Å²) in [7, 11) is 0. The van der Waals surface area contributed by atoms with Crippen LogP contribution in [-0.4, -0.2) is 47.1 Å². The molecule has 122 valence electrons. The zero-order valence-electron chi connectivity index (χ0n) is 13.8. The Kier molecular flexibility index (Phi) is 6.87. The maximum absolute atomic E-state index is 12.3. The summed E-state index contributed by atoms with van der Waals surface area (Å²) in [5.41, 5.74) is 0. The fraction of sp³-hybridized carbons (Fsp3) is 0.941. The lowest BCUT2D eigenvalue weighted by atomic mass is 9.89. The van der Waals surface area contributed by atoms with Crippen molar-refractivity contribution >= 4 is 17.7 Å².